The van der Waals surface area contributed by atoms with Crippen molar-refractivity contribution in [3.63, 3.8) is 0 Å². The van der Waals surface area contributed by atoms with Crippen molar-refractivity contribution in [1.82, 2.24) is 24.6 Å². The van der Waals surface area contributed by atoms with Gasteiger partial charge in [0.25, 0.3) is 0 Å². The SMILES string of the molecule is Cc1cc(OCCCN2CCN(c3cc(C4CCC4)nc(C(C)(C)C)n3)CC2)n(C)n1. The van der Waals surface area contributed by atoms with Gasteiger partial charge in [-0.05, 0) is 26.2 Å². The summed E-state index contributed by atoms with van der Waals surface area (Å²) in [4.78, 5) is 14.9. The van der Waals surface area contributed by atoms with Gasteiger partial charge in [-0.2, -0.15) is 5.10 Å². The zero-order valence-electron chi connectivity index (χ0n) is 19.9. The monoisotopic (exact) mass is 426 g/mol. The van der Waals surface area contributed by atoms with Gasteiger partial charge in [0.15, 0.2) is 0 Å². The summed E-state index contributed by atoms with van der Waals surface area (Å²) >= 11 is 0. The Balaban J connectivity index is 1.29. The van der Waals surface area contributed by atoms with E-state index in [0.29, 0.717) is 5.92 Å². The summed E-state index contributed by atoms with van der Waals surface area (Å²) in [7, 11) is 1.93. The zero-order chi connectivity index (χ0) is 22.0. The standard InChI is InChI=1S/C24H38N6O/c1-18-16-22(28(5)27-18)31-15-7-10-29-11-13-30(14-12-29)21-17-20(19-8-6-9-19)25-23(26-21)24(2,3)4/h16-17,19H,6-15H2,1-5H3. The lowest BCUT2D eigenvalue weighted by molar-refractivity contribution is 0.218. The highest BCUT2D eigenvalue weighted by Crippen LogP contribution is 2.37. The smallest absolute Gasteiger partial charge is 0.211 e. The quantitative estimate of drug-likeness (QED) is 0.630. The van der Waals surface area contributed by atoms with Gasteiger partial charge in [0.05, 0.1) is 12.3 Å². The van der Waals surface area contributed by atoms with E-state index in [1.54, 1.807) is 4.68 Å². The fraction of sp³-hybridized carbons (Fsp3) is 0.708. The van der Waals surface area contributed by atoms with Gasteiger partial charge in [0, 0.05) is 68.9 Å². The highest BCUT2D eigenvalue weighted by molar-refractivity contribution is 5.42. The fourth-order valence-electron chi connectivity index (χ4n) is 4.25. The Labute approximate surface area is 186 Å². The van der Waals surface area contributed by atoms with E-state index < -0.39 is 0 Å². The van der Waals surface area contributed by atoms with Crippen molar-refractivity contribution in [2.75, 3.05) is 44.2 Å². The topological polar surface area (TPSA) is 59.3 Å². The van der Waals surface area contributed by atoms with Crippen molar-refractivity contribution in [2.45, 2.75) is 64.7 Å². The van der Waals surface area contributed by atoms with E-state index in [0.717, 1.165) is 69.0 Å². The molecule has 1 aliphatic heterocycles. The van der Waals surface area contributed by atoms with E-state index >= 15 is 0 Å². The molecule has 7 heteroatoms. The molecule has 170 valence electrons. The molecule has 1 saturated heterocycles. The second kappa shape index (κ2) is 9.15. The Morgan fingerprint density at radius 3 is 2.39 bits per heavy atom. The van der Waals surface area contributed by atoms with Crippen LogP contribution in [0, 0.1) is 6.92 Å². The largest absolute Gasteiger partial charge is 0.478 e. The van der Waals surface area contributed by atoms with E-state index in [-0.39, 0.29) is 5.41 Å². The molecule has 7 nitrogen and oxygen atoms in total. The average molecular weight is 427 g/mol. The van der Waals surface area contributed by atoms with Gasteiger partial charge in [-0.3, -0.25) is 4.90 Å². The van der Waals surface area contributed by atoms with Gasteiger partial charge in [-0.25, -0.2) is 14.6 Å². The molecule has 0 radical (unpaired) electrons. The number of nitrogens with zero attached hydrogens (tertiary/aromatic N) is 6. The van der Waals surface area contributed by atoms with Crippen LogP contribution in [0.1, 0.15) is 69.6 Å². The first-order valence-electron chi connectivity index (χ1n) is 11.8. The Bertz CT molecular complexity index is 875. The second-order valence-electron chi connectivity index (χ2n) is 10.1. The molecule has 0 spiro atoms. The van der Waals surface area contributed by atoms with Crippen molar-refractivity contribution >= 4 is 5.82 Å². The number of rotatable bonds is 7. The predicted octanol–water partition coefficient (Wildman–Crippen LogP) is 3.67. The first-order chi connectivity index (χ1) is 14.8. The van der Waals surface area contributed by atoms with Crippen LogP contribution in [0.2, 0.25) is 0 Å². The summed E-state index contributed by atoms with van der Waals surface area (Å²) in [6, 6.07) is 4.25. The van der Waals surface area contributed by atoms with E-state index in [1.807, 2.05) is 20.0 Å². The summed E-state index contributed by atoms with van der Waals surface area (Å²) in [5, 5.41) is 4.33. The second-order valence-corrected chi connectivity index (χ2v) is 10.1. The van der Waals surface area contributed by atoms with Crippen LogP contribution >= 0.6 is 0 Å². The van der Waals surface area contributed by atoms with Crippen molar-refractivity contribution in [1.29, 1.82) is 0 Å². The van der Waals surface area contributed by atoms with Gasteiger partial charge < -0.3 is 9.64 Å². The van der Waals surface area contributed by atoms with Crippen LogP contribution in [0.4, 0.5) is 5.82 Å². The fourth-order valence-corrected chi connectivity index (χ4v) is 4.25. The van der Waals surface area contributed by atoms with Gasteiger partial charge in [-0.15, -0.1) is 0 Å². The van der Waals surface area contributed by atoms with Crippen molar-refractivity contribution in [3.8, 4) is 5.88 Å². The van der Waals surface area contributed by atoms with E-state index in [2.05, 4.69) is 41.7 Å². The Morgan fingerprint density at radius 2 is 1.81 bits per heavy atom. The van der Waals surface area contributed by atoms with Crippen LogP contribution < -0.4 is 9.64 Å². The molecule has 0 atom stereocenters. The molecular formula is C24H38N6O. The number of anilines is 1. The summed E-state index contributed by atoms with van der Waals surface area (Å²) in [6.07, 6.45) is 4.90. The minimum atomic E-state index is -0.0251. The Hall–Kier alpha value is -2.15. The van der Waals surface area contributed by atoms with Crippen LogP contribution in [-0.2, 0) is 12.5 Å². The number of ether oxygens (including phenoxy) is 1. The molecule has 0 amide bonds. The van der Waals surface area contributed by atoms with Crippen LogP contribution in [0.15, 0.2) is 12.1 Å². The normalized spacial score (nSPS) is 18.3. The molecule has 0 N–H and O–H groups in total. The lowest BCUT2D eigenvalue weighted by Gasteiger charge is -2.36. The summed E-state index contributed by atoms with van der Waals surface area (Å²) in [6.45, 7) is 14.6. The van der Waals surface area contributed by atoms with Crippen molar-refractivity contribution in [2.24, 2.45) is 7.05 Å². The van der Waals surface area contributed by atoms with E-state index in [1.165, 1.54) is 25.0 Å². The molecule has 2 fully saturated rings. The third kappa shape index (κ3) is 5.37. The summed E-state index contributed by atoms with van der Waals surface area (Å²) in [5.74, 6) is 3.59. The molecular weight excluding hydrogens is 388 g/mol. The molecule has 2 aromatic heterocycles. The minimum absolute atomic E-state index is 0.0251. The molecule has 0 aromatic carbocycles. The van der Waals surface area contributed by atoms with E-state index in [4.69, 9.17) is 14.7 Å². The molecule has 1 saturated carbocycles. The highest BCUT2D eigenvalue weighted by Gasteiger charge is 2.27. The molecule has 2 aliphatic rings. The number of aromatic nitrogens is 4. The molecule has 31 heavy (non-hydrogen) atoms. The van der Waals surface area contributed by atoms with Crippen molar-refractivity contribution in [3.05, 3.63) is 29.3 Å². The zero-order valence-corrected chi connectivity index (χ0v) is 19.9. The van der Waals surface area contributed by atoms with Gasteiger partial charge in [0.2, 0.25) is 5.88 Å². The first-order valence-corrected chi connectivity index (χ1v) is 11.8. The van der Waals surface area contributed by atoms with Crippen LogP contribution in [0.25, 0.3) is 0 Å². The number of hydrogen-bond acceptors (Lipinski definition) is 6. The van der Waals surface area contributed by atoms with Crippen LogP contribution in [0.3, 0.4) is 0 Å². The number of hydrogen-bond donors (Lipinski definition) is 0. The number of aryl methyl sites for hydroxylation is 2. The van der Waals surface area contributed by atoms with Gasteiger partial charge >= 0.3 is 0 Å². The maximum absolute atomic E-state index is 5.88. The molecule has 2 aromatic rings. The lowest BCUT2D eigenvalue weighted by Crippen LogP contribution is -2.47. The highest BCUT2D eigenvalue weighted by atomic mass is 16.5. The molecule has 0 unspecified atom stereocenters. The maximum Gasteiger partial charge on any atom is 0.211 e. The van der Waals surface area contributed by atoms with Crippen LogP contribution in [-0.4, -0.2) is 64.0 Å². The first kappa shape index (κ1) is 22.1. The summed E-state index contributed by atoms with van der Waals surface area (Å²) < 4.78 is 7.69. The molecule has 3 heterocycles. The van der Waals surface area contributed by atoms with Crippen molar-refractivity contribution < 1.29 is 4.74 Å². The average Bonchev–Trinajstić information content (AvgIpc) is 3.00. The van der Waals surface area contributed by atoms with E-state index in [9.17, 15) is 0 Å². The minimum Gasteiger partial charge on any atom is -0.478 e. The summed E-state index contributed by atoms with van der Waals surface area (Å²) in [5.41, 5.74) is 2.22. The third-order valence-electron chi connectivity index (χ3n) is 6.45. The molecule has 4 rings (SSSR count). The maximum atomic E-state index is 5.88. The number of piperazine rings is 1. The molecule has 0 bridgehead atoms. The van der Waals surface area contributed by atoms with Gasteiger partial charge in [-0.1, -0.05) is 27.2 Å². The Kier molecular flexibility index (Phi) is 6.51. The molecule has 1 aliphatic carbocycles. The van der Waals surface area contributed by atoms with Gasteiger partial charge in [0.1, 0.15) is 11.6 Å². The predicted molar refractivity (Wildman–Crippen MR) is 124 cm³/mol. The Morgan fingerprint density at radius 1 is 1.06 bits per heavy atom. The lowest BCUT2D eigenvalue weighted by atomic mass is 9.82. The van der Waals surface area contributed by atoms with Crippen LogP contribution in [0.5, 0.6) is 5.88 Å². The third-order valence-corrected chi connectivity index (χ3v) is 6.45.